The summed E-state index contributed by atoms with van der Waals surface area (Å²) < 4.78 is 27.4. The lowest BCUT2D eigenvalue weighted by molar-refractivity contribution is -0.115. The highest BCUT2D eigenvalue weighted by Gasteiger charge is 2.18. The molecule has 1 unspecified atom stereocenters. The Labute approximate surface area is 139 Å². The van der Waals surface area contributed by atoms with Gasteiger partial charge in [-0.15, -0.1) is 11.3 Å². The smallest absolute Gasteiger partial charge is 0.237 e. The summed E-state index contributed by atoms with van der Waals surface area (Å²) in [6.07, 6.45) is 1.45. The molecular formula is C15H11F2N3OS2. The fourth-order valence-corrected chi connectivity index (χ4v) is 3.73. The SMILES string of the molecule is CC(Sc1ncnc2ccsc12)C(=O)Nc1ccc(F)cc1F. The second kappa shape index (κ2) is 6.59. The number of rotatable bonds is 4. The number of fused-ring (bicyclic) bond motifs is 1. The molecule has 1 aromatic carbocycles. The molecule has 0 fully saturated rings. The first kappa shape index (κ1) is 15.8. The number of thioether (sulfide) groups is 1. The number of hydrogen-bond acceptors (Lipinski definition) is 5. The van der Waals surface area contributed by atoms with Gasteiger partial charge < -0.3 is 5.32 Å². The summed E-state index contributed by atoms with van der Waals surface area (Å²) in [6, 6.07) is 4.90. The van der Waals surface area contributed by atoms with Gasteiger partial charge in [0.25, 0.3) is 0 Å². The second-order valence-corrected chi connectivity index (χ2v) is 6.93. The number of halogens is 2. The molecule has 3 aromatic rings. The molecule has 0 bridgehead atoms. The maximum absolute atomic E-state index is 13.6. The van der Waals surface area contributed by atoms with Gasteiger partial charge in [-0.1, -0.05) is 11.8 Å². The Balaban J connectivity index is 1.74. The summed E-state index contributed by atoms with van der Waals surface area (Å²) >= 11 is 2.76. The zero-order chi connectivity index (χ0) is 16.4. The zero-order valence-electron chi connectivity index (χ0n) is 11.9. The monoisotopic (exact) mass is 351 g/mol. The maximum atomic E-state index is 13.6. The van der Waals surface area contributed by atoms with Crippen LogP contribution in [0.3, 0.4) is 0 Å². The van der Waals surface area contributed by atoms with Crippen molar-refractivity contribution in [3.63, 3.8) is 0 Å². The lowest BCUT2D eigenvalue weighted by Gasteiger charge is -2.12. The molecule has 1 amide bonds. The number of carbonyl (C=O) groups is 1. The number of anilines is 1. The van der Waals surface area contributed by atoms with Crippen molar-refractivity contribution in [2.45, 2.75) is 17.2 Å². The van der Waals surface area contributed by atoms with Crippen LogP contribution in [0.4, 0.5) is 14.5 Å². The van der Waals surface area contributed by atoms with Gasteiger partial charge in [-0.2, -0.15) is 0 Å². The molecule has 0 aliphatic rings. The van der Waals surface area contributed by atoms with Crippen LogP contribution in [-0.2, 0) is 4.79 Å². The molecule has 0 saturated carbocycles. The van der Waals surface area contributed by atoms with E-state index in [4.69, 9.17) is 0 Å². The van der Waals surface area contributed by atoms with E-state index in [1.54, 1.807) is 6.92 Å². The molecule has 3 rings (SSSR count). The molecule has 0 saturated heterocycles. The molecule has 2 aromatic heterocycles. The molecule has 4 nitrogen and oxygen atoms in total. The quantitative estimate of drug-likeness (QED) is 0.568. The van der Waals surface area contributed by atoms with Crippen LogP contribution in [-0.4, -0.2) is 21.1 Å². The van der Waals surface area contributed by atoms with Crippen molar-refractivity contribution in [1.82, 2.24) is 9.97 Å². The highest BCUT2D eigenvalue weighted by molar-refractivity contribution is 8.00. The van der Waals surface area contributed by atoms with E-state index >= 15 is 0 Å². The van der Waals surface area contributed by atoms with Crippen molar-refractivity contribution in [3.05, 3.63) is 47.6 Å². The molecule has 1 N–H and O–H groups in total. The van der Waals surface area contributed by atoms with E-state index in [2.05, 4.69) is 15.3 Å². The van der Waals surface area contributed by atoms with Gasteiger partial charge >= 0.3 is 0 Å². The largest absolute Gasteiger partial charge is 0.323 e. The van der Waals surface area contributed by atoms with Gasteiger partial charge in [0.2, 0.25) is 5.91 Å². The van der Waals surface area contributed by atoms with Crippen LogP contribution in [0.2, 0.25) is 0 Å². The van der Waals surface area contributed by atoms with Crippen molar-refractivity contribution in [2.24, 2.45) is 0 Å². The van der Waals surface area contributed by atoms with E-state index in [1.165, 1.54) is 35.5 Å². The first-order valence-corrected chi connectivity index (χ1v) is 8.41. The number of thiophene rings is 1. The van der Waals surface area contributed by atoms with Crippen LogP contribution in [0.1, 0.15) is 6.92 Å². The van der Waals surface area contributed by atoms with E-state index < -0.39 is 16.9 Å². The Morgan fingerprint density at radius 1 is 1.30 bits per heavy atom. The number of amides is 1. The van der Waals surface area contributed by atoms with Crippen molar-refractivity contribution >= 4 is 44.9 Å². The number of benzene rings is 1. The van der Waals surface area contributed by atoms with Crippen molar-refractivity contribution in [1.29, 1.82) is 0 Å². The Morgan fingerprint density at radius 2 is 2.13 bits per heavy atom. The third-order valence-electron chi connectivity index (χ3n) is 3.06. The Morgan fingerprint density at radius 3 is 2.91 bits per heavy atom. The minimum atomic E-state index is -0.807. The van der Waals surface area contributed by atoms with Crippen LogP contribution < -0.4 is 5.32 Å². The molecule has 2 heterocycles. The summed E-state index contributed by atoms with van der Waals surface area (Å²) in [4.78, 5) is 20.5. The van der Waals surface area contributed by atoms with Gasteiger partial charge in [0.1, 0.15) is 23.0 Å². The number of hydrogen-bond donors (Lipinski definition) is 1. The summed E-state index contributed by atoms with van der Waals surface area (Å²) in [5.74, 6) is -1.88. The number of nitrogens with one attached hydrogen (secondary N) is 1. The van der Waals surface area contributed by atoms with Crippen molar-refractivity contribution in [2.75, 3.05) is 5.32 Å². The summed E-state index contributed by atoms with van der Waals surface area (Å²) in [7, 11) is 0. The van der Waals surface area contributed by atoms with E-state index in [0.717, 1.165) is 22.3 Å². The highest BCUT2D eigenvalue weighted by Crippen LogP contribution is 2.31. The summed E-state index contributed by atoms with van der Waals surface area (Å²) in [5, 5.41) is 4.56. The van der Waals surface area contributed by atoms with Crippen LogP contribution in [0.5, 0.6) is 0 Å². The average molecular weight is 351 g/mol. The molecule has 0 aliphatic carbocycles. The zero-order valence-corrected chi connectivity index (χ0v) is 13.5. The van der Waals surface area contributed by atoms with Gasteiger partial charge in [-0.05, 0) is 30.5 Å². The van der Waals surface area contributed by atoms with Gasteiger partial charge in [0.05, 0.1) is 21.2 Å². The van der Waals surface area contributed by atoms with Crippen molar-refractivity contribution in [3.8, 4) is 0 Å². The highest BCUT2D eigenvalue weighted by atomic mass is 32.2. The molecule has 1 atom stereocenters. The molecule has 0 radical (unpaired) electrons. The number of carbonyl (C=O) groups excluding carboxylic acids is 1. The Kier molecular flexibility index (Phi) is 4.53. The fraction of sp³-hybridized carbons (Fsp3) is 0.133. The Hall–Kier alpha value is -2.06. The Bertz CT molecular complexity index is 869. The van der Waals surface area contributed by atoms with Crippen LogP contribution in [0.15, 0.2) is 41.0 Å². The lowest BCUT2D eigenvalue weighted by atomic mass is 10.3. The van der Waals surface area contributed by atoms with E-state index in [9.17, 15) is 13.6 Å². The van der Waals surface area contributed by atoms with E-state index in [0.29, 0.717) is 5.03 Å². The maximum Gasteiger partial charge on any atom is 0.237 e. The summed E-state index contributed by atoms with van der Waals surface area (Å²) in [6.45, 7) is 1.70. The van der Waals surface area contributed by atoms with Gasteiger partial charge in [0.15, 0.2) is 0 Å². The fourth-order valence-electron chi connectivity index (χ4n) is 1.90. The predicted octanol–water partition coefficient (Wildman–Crippen LogP) is 4.09. The lowest BCUT2D eigenvalue weighted by Crippen LogP contribution is -2.23. The minimum absolute atomic E-state index is 0.0483. The standard InChI is InChI=1S/C15H11F2N3OS2/c1-8(14(21)20-11-3-2-9(16)6-10(11)17)23-15-13-12(4-5-22-13)18-7-19-15/h2-8H,1H3,(H,20,21). The van der Waals surface area contributed by atoms with Crippen molar-refractivity contribution < 1.29 is 13.6 Å². The third kappa shape index (κ3) is 3.48. The van der Waals surface area contributed by atoms with E-state index in [1.807, 2.05) is 11.4 Å². The normalized spacial score (nSPS) is 12.3. The first-order valence-electron chi connectivity index (χ1n) is 6.65. The second-order valence-electron chi connectivity index (χ2n) is 4.69. The number of aromatic nitrogens is 2. The third-order valence-corrected chi connectivity index (χ3v) is 5.20. The topological polar surface area (TPSA) is 54.9 Å². The van der Waals surface area contributed by atoms with Gasteiger partial charge in [-0.3, -0.25) is 4.79 Å². The molecule has 23 heavy (non-hydrogen) atoms. The van der Waals surface area contributed by atoms with Gasteiger partial charge in [0, 0.05) is 6.07 Å². The van der Waals surface area contributed by atoms with Gasteiger partial charge in [-0.25, -0.2) is 18.7 Å². The van der Waals surface area contributed by atoms with Crippen LogP contribution >= 0.6 is 23.1 Å². The molecule has 8 heteroatoms. The average Bonchev–Trinajstić information content (AvgIpc) is 2.99. The van der Waals surface area contributed by atoms with E-state index in [-0.39, 0.29) is 11.6 Å². The molecule has 0 aliphatic heterocycles. The summed E-state index contributed by atoms with van der Waals surface area (Å²) in [5.41, 5.74) is 0.775. The minimum Gasteiger partial charge on any atom is -0.323 e. The number of nitrogens with zero attached hydrogens (tertiary/aromatic N) is 2. The first-order chi connectivity index (χ1) is 11.0. The molecule has 0 spiro atoms. The molecule has 118 valence electrons. The molecular weight excluding hydrogens is 340 g/mol. The van der Waals surface area contributed by atoms with Crippen LogP contribution in [0, 0.1) is 11.6 Å². The predicted molar refractivity (Wildman–Crippen MR) is 87.7 cm³/mol. The van der Waals surface area contributed by atoms with Crippen LogP contribution in [0.25, 0.3) is 10.2 Å².